The van der Waals surface area contributed by atoms with Crippen LogP contribution in [0.2, 0.25) is 0 Å². The van der Waals surface area contributed by atoms with Gasteiger partial charge >= 0.3 is 0 Å². The molecule has 4 aromatic heterocycles. The summed E-state index contributed by atoms with van der Waals surface area (Å²) in [5, 5.41) is 10.6. The molecule has 0 saturated carbocycles. The van der Waals surface area contributed by atoms with Crippen molar-refractivity contribution in [2.45, 2.75) is 13.0 Å². The first-order chi connectivity index (χ1) is 18.1. The van der Waals surface area contributed by atoms with Crippen molar-refractivity contribution in [3.05, 3.63) is 60.6 Å². The molecule has 0 aliphatic carbocycles. The van der Waals surface area contributed by atoms with Crippen molar-refractivity contribution in [1.82, 2.24) is 34.9 Å². The van der Waals surface area contributed by atoms with E-state index in [0.29, 0.717) is 51.9 Å². The van der Waals surface area contributed by atoms with E-state index < -0.39 is 5.82 Å². The molecule has 7 rings (SSSR count). The van der Waals surface area contributed by atoms with Gasteiger partial charge in [-0.15, -0.1) is 0 Å². The fraction of sp³-hybridized carbons (Fsp3) is 0.240. The van der Waals surface area contributed by atoms with Gasteiger partial charge in [0.25, 0.3) is 0 Å². The molecule has 1 fully saturated rings. The van der Waals surface area contributed by atoms with Crippen LogP contribution in [0.1, 0.15) is 5.56 Å². The Balaban J connectivity index is 1.21. The van der Waals surface area contributed by atoms with Crippen LogP contribution >= 0.6 is 0 Å². The molecule has 37 heavy (non-hydrogen) atoms. The molecule has 0 unspecified atom stereocenters. The highest BCUT2D eigenvalue weighted by atomic mass is 19.1. The van der Waals surface area contributed by atoms with Crippen molar-refractivity contribution in [1.29, 1.82) is 0 Å². The molecule has 2 N–H and O–H groups in total. The normalized spacial score (nSPS) is 16.8. The Bertz CT molecular complexity index is 1660. The maximum Gasteiger partial charge on any atom is 0.172 e. The van der Waals surface area contributed by atoms with E-state index in [1.54, 1.807) is 41.9 Å². The van der Waals surface area contributed by atoms with Crippen LogP contribution in [-0.4, -0.2) is 61.8 Å². The molecule has 6 heterocycles. The van der Waals surface area contributed by atoms with Gasteiger partial charge in [0.15, 0.2) is 28.8 Å². The summed E-state index contributed by atoms with van der Waals surface area (Å²) < 4.78 is 29.1. The number of nitrogens with zero attached hydrogens (tertiary/aromatic N) is 7. The number of pyridine rings is 2. The SMILES string of the molecule is Cc1c(Oc2ccn3ncnc3c2)ccc(Nc2ncnc3cc4c(nc23)N2CCN[C@H](CO4)C2)c1F. The molecule has 0 spiro atoms. The lowest BCUT2D eigenvalue weighted by atomic mass is 10.1. The van der Waals surface area contributed by atoms with Gasteiger partial charge < -0.3 is 25.0 Å². The fourth-order valence-electron chi connectivity index (χ4n) is 4.69. The summed E-state index contributed by atoms with van der Waals surface area (Å²) in [5.41, 5.74) is 2.40. The molecule has 1 atom stereocenters. The third-order valence-electron chi connectivity index (χ3n) is 6.62. The second kappa shape index (κ2) is 8.52. The Morgan fingerprint density at radius 1 is 1.16 bits per heavy atom. The van der Waals surface area contributed by atoms with E-state index in [0.717, 1.165) is 25.5 Å². The largest absolute Gasteiger partial charge is 0.488 e. The van der Waals surface area contributed by atoms with E-state index in [-0.39, 0.29) is 11.7 Å². The number of piperazine rings is 1. The van der Waals surface area contributed by atoms with Gasteiger partial charge in [0.05, 0.1) is 17.2 Å². The zero-order chi connectivity index (χ0) is 24.9. The summed E-state index contributed by atoms with van der Waals surface area (Å²) in [5.74, 6) is 2.33. The van der Waals surface area contributed by atoms with Crippen molar-refractivity contribution in [2.24, 2.45) is 0 Å². The number of nitrogens with one attached hydrogen (secondary N) is 2. The topological polar surface area (TPSA) is 115 Å². The van der Waals surface area contributed by atoms with Gasteiger partial charge in [0, 0.05) is 43.5 Å². The van der Waals surface area contributed by atoms with Crippen molar-refractivity contribution in [3.63, 3.8) is 0 Å². The molecule has 2 aliphatic heterocycles. The molecule has 1 saturated heterocycles. The standard InChI is InChI=1S/C25H22FN9O2/c1-14-19(37-16-4-6-35-21(8-16)29-13-31-35)3-2-17(22(14)26)32-24-23-18(28-12-30-24)9-20-25(33-23)34-7-5-27-15(10-34)11-36-20/h2-4,6,8-9,12-13,15,27H,5,7,10-11H2,1H3,(H,28,30,32)/t15-/m0/s1. The Morgan fingerprint density at radius 2 is 2.11 bits per heavy atom. The van der Waals surface area contributed by atoms with E-state index in [1.807, 2.05) is 6.07 Å². The summed E-state index contributed by atoms with van der Waals surface area (Å²) in [4.78, 5) is 20.0. The lowest BCUT2D eigenvalue weighted by molar-refractivity contribution is 0.271. The van der Waals surface area contributed by atoms with Gasteiger partial charge in [-0.3, -0.25) is 0 Å². The third-order valence-corrected chi connectivity index (χ3v) is 6.62. The molecule has 12 heteroatoms. The monoisotopic (exact) mass is 499 g/mol. The summed E-state index contributed by atoms with van der Waals surface area (Å²) >= 11 is 0. The number of hydrogen-bond acceptors (Lipinski definition) is 10. The predicted octanol–water partition coefficient (Wildman–Crippen LogP) is 3.22. The maximum atomic E-state index is 15.5. The van der Waals surface area contributed by atoms with E-state index in [4.69, 9.17) is 14.5 Å². The van der Waals surface area contributed by atoms with Crippen molar-refractivity contribution < 1.29 is 13.9 Å². The Labute approximate surface area is 210 Å². The van der Waals surface area contributed by atoms with Crippen LogP contribution in [0.5, 0.6) is 17.2 Å². The number of benzene rings is 1. The number of halogens is 1. The van der Waals surface area contributed by atoms with Crippen LogP contribution in [0.25, 0.3) is 16.7 Å². The van der Waals surface area contributed by atoms with Gasteiger partial charge in [-0.05, 0) is 25.1 Å². The summed E-state index contributed by atoms with van der Waals surface area (Å²) in [7, 11) is 0. The minimum Gasteiger partial charge on any atom is -0.488 e. The lowest BCUT2D eigenvalue weighted by Gasteiger charge is -2.31. The highest BCUT2D eigenvalue weighted by Crippen LogP contribution is 2.36. The van der Waals surface area contributed by atoms with E-state index >= 15 is 4.39 Å². The smallest absolute Gasteiger partial charge is 0.172 e. The van der Waals surface area contributed by atoms with Crippen molar-refractivity contribution >= 4 is 34.0 Å². The summed E-state index contributed by atoms with van der Waals surface area (Å²) in [6, 6.07) is 8.93. The molecular formula is C25H22FN9O2. The second-order valence-electron chi connectivity index (χ2n) is 9.01. The second-order valence-corrected chi connectivity index (χ2v) is 9.01. The van der Waals surface area contributed by atoms with Crippen molar-refractivity contribution in [3.8, 4) is 17.2 Å². The summed E-state index contributed by atoms with van der Waals surface area (Å²) in [6.45, 7) is 4.72. The molecule has 186 valence electrons. The quantitative estimate of drug-likeness (QED) is 0.382. The minimum atomic E-state index is -0.448. The highest BCUT2D eigenvalue weighted by molar-refractivity contribution is 5.90. The van der Waals surface area contributed by atoms with Crippen molar-refractivity contribution in [2.75, 3.05) is 36.5 Å². The predicted molar refractivity (Wildman–Crippen MR) is 134 cm³/mol. The zero-order valence-electron chi connectivity index (χ0n) is 19.8. The minimum absolute atomic E-state index is 0.242. The Morgan fingerprint density at radius 3 is 3.05 bits per heavy atom. The highest BCUT2D eigenvalue weighted by Gasteiger charge is 2.28. The molecule has 2 bridgehead atoms. The first-order valence-corrected chi connectivity index (χ1v) is 11.9. The number of fused-ring (bicyclic) bond motifs is 6. The Hall–Kier alpha value is -4.58. The molecule has 0 amide bonds. The number of anilines is 3. The maximum absolute atomic E-state index is 15.5. The Kier molecular flexibility index (Phi) is 4.99. The molecular weight excluding hydrogens is 477 g/mol. The summed E-state index contributed by atoms with van der Waals surface area (Å²) in [6.07, 6.45) is 4.62. The average Bonchev–Trinajstić information content (AvgIpc) is 3.35. The van der Waals surface area contributed by atoms with Crippen LogP contribution in [0.3, 0.4) is 0 Å². The number of rotatable bonds is 4. The molecule has 0 radical (unpaired) electrons. The number of hydrogen-bond donors (Lipinski definition) is 2. The molecule has 11 nitrogen and oxygen atoms in total. The van der Waals surface area contributed by atoms with Crippen LogP contribution < -0.4 is 25.0 Å². The van der Waals surface area contributed by atoms with Crippen LogP contribution in [0.15, 0.2) is 49.2 Å². The van der Waals surface area contributed by atoms with Gasteiger partial charge in [0.2, 0.25) is 0 Å². The van der Waals surface area contributed by atoms with E-state index in [1.165, 1.54) is 12.7 Å². The number of aromatic nitrogens is 6. The molecule has 1 aromatic carbocycles. The van der Waals surface area contributed by atoms with Crippen LogP contribution in [0, 0.1) is 12.7 Å². The van der Waals surface area contributed by atoms with Crippen LogP contribution in [0.4, 0.5) is 21.7 Å². The van der Waals surface area contributed by atoms with Gasteiger partial charge in [-0.2, -0.15) is 5.10 Å². The average molecular weight is 500 g/mol. The number of ether oxygens (including phenoxy) is 2. The lowest BCUT2D eigenvalue weighted by Crippen LogP contribution is -2.51. The van der Waals surface area contributed by atoms with E-state index in [2.05, 4.69) is 35.6 Å². The molecule has 2 aliphatic rings. The van der Waals surface area contributed by atoms with Crippen LogP contribution in [-0.2, 0) is 0 Å². The van der Waals surface area contributed by atoms with Gasteiger partial charge in [-0.25, -0.2) is 28.8 Å². The van der Waals surface area contributed by atoms with E-state index in [9.17, 15) is 0 Å². The first-order valence-electron chi connectivity index (χ1n) is 11.9. The van der Waals surface area contributed by atoms with Gasteiger partial charge in [-0.1, -0.05) is 0 Å². The van der Waals surface area contributed by atoms with Gasteiger partial charge in [0.1, 0.15) is 36.3 Å². The fourth-order valence-corrected chi connectivity index (χ4v) is 4.69. The zero-order valence-corrected chi connectivity index (χ0v) is 19.8. The molecule has 5 aromatic rings. The first kappa shape index (κ1) is 21.7. The third kappa shape index (κ3) is 3.82.